The fourth-order valence-electron chi connectivity index (χ4n) is 2.44. The maximum Gasteiger partial charge on any atom is 0.0107 e. The van der Waals surface area contributed by atoms with Crippen molar-refractivity contribution in [1.82, 2.24) is 10.2 Å². The SMILES string of the molecule is CCCC(C)(C)CNCCN1CCCC1. The van der Waals surface area contributed by atoms with E-state index in [1.807, 2.05) is 0 Å². The van der Waals surface area contributed by atoms with Crippen LogP contribution in [-0.2, 0) is 0 Å². The molecule has 1 N–H and O–H groups in total. The van der Waals surface area contributed by atoms with Gasteiger partial charge in [-0.25, -0.2) is 0 Å². The van der Waals surface area contributed by atoms with Gasteiger partial charge >= 0.3 is 0 Å². The number of nitrogens with one attached hydrogen (secondary N) is 1. The molecule has 90 valence electrons. The lowest BCUT2D eigenvalue weighted by molar-refractivity contribution is 0.289. The quantitative estimate of drug-likeness (QED) is 0.652. The average Bonchev–Trinajstić information content (AvgIpc) is 2.65. The van der Waals surface area contributed by atoms with Gasteiger partial charge in [-0.3, -0.25) is 0 Å². The number of hydrogen-bond acceptors (Lipinski definition) is 2. The summed E-state index contributed by atoms with van der Waals surface area (Å²) in [4.78, 5) is 2.57. The number of nitrogens with zero attached hydrogens (tertiary/aromatic N) is 1. The third-order valence-corrected chi connectivity index (χ3v) is 3.33. The van der Waals surface area contributed by atoms with Crippen molar-refractivity contribution in [3.05, 3.63) is 0 Å². The van der Waals surface area contributed by atoms with Crippen LogP contribution >= 0.6 is 0 Å². The second kappa shape index (κ2) is 6.49. The van der Waals surface area contributed by atoms with Crippen LogP contribution in [0.15, 0.2) is 0 Å². The summed E-state index contributed by atoms with van der Waals surface area (Å²) in [7, 11) is 0. The topological polar surface area (TPSA) is 15.3 Å². The fourth-order valence-corrected chi connectivity index (χ4v) is 2.44. The number of rotatable bonds is 7. The van der Waals surface area contributed by atoms with Crippen LogP contribution in [0.3, 0.4) is 0 Å². The summed E-state index contributed by atoms with van der Waals surface area (Å²) in [6.07, 6.45) is 5.42. The van der Waals surface area contributed by atoms with Crippen LogP contribution < -0.4 is 5.32 Å². The first-order chi connectivity index (χ1) is 7.14. The first-order valence-electron chi connectivity index (χ1n) is 6.57. The highest BCUT2D eigenvalue weighted by Crippen LogP contribution is 2.20. The normalized spacial score (nSPS) is 18.6. The maximum absolute atomic E-state index is 3.60. The zero-order valence-electron chi connectivity index (χ0n) is 10.8. The highest BCUT2D eigenvalue weighted by atomic mass is 15.1. The van der Waals surface area contributed by atoms with Gasteiger partial charge in [0.25, 0.3) is 0 Å². The summed E-state index contributed by atoms with van der Waals surface area (Å²) in [5, 5.41) is 3.60. The van der Waals surface area contributed by atoms with Crippen LogP contribution in [0.5, 0.6) is 0 Å². The van der Waals surface area contributed by atoms with Crippen LogP contribution in [0.25, 0.3) is 0 Å². The molecule has 0 bridgehead atoms. The number of likely N-dealkylation sites (tertiary alicyclic amines) is 1. The first-order valence-corrected chi connectivity index (χ1v) is 6.57. The Morgan fingerprint density at radius 2 is 1.87 bits per heavy atom. The van der Waals surface area contributed by atoms with Gasteiger partial charge in [-0.1, -0.05) is 27.2 Å². The average molecular weight is 212 g/mol. The molecule has 1 rings (SSSR count). The number of hydrogen-bond donors (Lipinski definition) is 1. The van der Waals surface area contributed by atoms with E-state index in [1.54, 1.807) is 0 Å². The van der Waals surface area contributed by atoms with E-state index in [0.29, 0.717) is 5.41 Å². The monoisotopic (exact) mass is 212 g/mol. The van der Waals surface area contributed by atoms with Crippen molar-refractivity contribution in [2.75, 3.05) is 32.7 Å². The summed E-state index contributed by atoms with van der Waals surface area (Å²) in [5.41, 5.74) is 0.472. The molecular weight excluding hydrogens is 184 g/mol. The largest absolute Gasteiger partial charge is 0.315 e. The van der Waals surface area contributed by atoms with Gasteiger partial charge in [0.1, 0.15) is 0 Å². The Morgan fingerprint density at radius 3 is 2.47 bits per heavy atom. The molecule has 0 unspecified atom stereocenters. The van der Waals surface area contributed by atoms with E-state index in [9.17, 15) is 0 Å². The van der Waals surface area contributed by atoms with E-state index in [1.165, 1.54) is 45.3 Å². The van der Waals surface area contributed by atoms with Crippen LogP contribution in [0.2, 0.25) is 0 Å². The van der Waals surface area contributed by atoms with Crippen molar-refractivity contribution in [2.24, 2.45) is 5.41 Å². The van der Waals surface area contributed by atoms with Gasteiger partial charge in [0.2, 0.25) is 0 Å². The molecule has 15 heavy (non-hydrogen) atoms. The summed E-state index contributed by atoms with van der Waals surface area (Å²) in [6.45, 7) is 13.2. The molecule has 0 saturated carbocycles. The summed E-state index contributed by atoms with van der Waals surface area (Å²) >= 11 is 0. The molecule has 0 aliphatic carbocycles. The molecule has 0 spiro atoms. The van der Waals surface area contributed by atoms with Gasteiger partial charge in [0.15, 0.2) is 0 Å². The third kappa shape index (κ3) is 5.53. The molecule has 1 fully saturated rings. The van der Waals surface area contributed by atoms with Crippen LogP contribution in [-0.4, -0.2) is 37.6 Å². The zero-order valence-corrected chi connectivity index (χ0v) is 10.8. The highest BCUT2D eigenvalue weighted by Gasteiger charge is 2.16. The molecule has 0 aromatic carbocycles. The first kappa shape index (κ1) is 13.0. The van der Waals surface area contributed by atoms with Gasteiger partial charge in [0, 0.05) is 19.6 Å². The van der Waals surface area contributed by atoms with Crippen molar-refractivity contribution >= 4 is 0 Å². The second-order valence-corrected chi connectivity index (χ2v) is 5.64. The second-order valence-electron chi connectivity index (χ2n) is 5.64. The Labute approximate surface area is 95.4 Å². The Kier molecular flexibility index (Phi) is 5.62. The molecule has 0 radical (unpaired) electrons. The van der Waals surface area contributed by atoms with Crippen molar-refractivity contribution in [2.45, 2.75) is 46.5 Å². The molecule has 1 heterocycles. The highest BCUT2D eigenvalue weighted by molar-refractivity contribution is 4.72. The van der Waals surface area contributed by atoms with E-state index < -0.39 is 0 Å². The maximum atomic E-state index is 3.60. The third-order valence-electron chi connectivity index (χ3n) is 3.33. The lowest BCUT2D eigenvalue weighted by Crippen LogP contribution is -2.35. The fraction of sp³-hybridized carbons (Fsp3) is 1.00. The van der Waals surface area contributed by atoms with Gasteiger partial charge in [-0.15, -0.1) is 0 Å². The van der Waals surface area contributed by atoms with Crippen LogP contribution in [0.4, 0.5) is 0 Å². The van der Waals surface area contributed by atoms with E-state index in [-0.39, 0.29) is 0 Å². The van der Waals surface area contributed by atoms with Crippen LogP contribution in [0.1, 0.15) is 46.5 Å². The molecular formula is C13H28N2. The Balaban J connectivity index is 2.00. The summed E-state index contributed by atoms with van der Waals surface area (Å²) in [5.74, 6) is 0. The van der Waals surface area contributed by atoms with E-state index in [0.717, 1.165) is 13.1 Å². The minimum atomic E-state index is 0.472. The molecule has 1 aliphatic heterocycles. The van der Waals surface area contributed by atoms with E-state index in [4.69, 9.17) is 0 Å². The molecule has 0 atom stereocenters. The van der Waals surface area contributed by atoms with Crippen molar-refractivity contribution in [3.8, 4) is 0 Å². The molecule has 1 aliphatic rings. The van der Waals surface area contributed by atoms with E-state index >= 15 is 0 Å². The van der Waals surface area contributed by atoms with Gasteiger partial charge in [-0.2, -0.15) is 0 Å². The summed E-state index contributed by atoms with van der Waals surface area (Å²) in [6, 6.07) is 0. The smallest absolute Gasteiger partial charge is 0.0107 e. The Morgan fingerprint density at radius 1 is 1.20 bits per heavy atom. The lowest BCUT2D eigenvalue weighted by atomic mass is 9.88. The van der Waals surface area contributed by atoms with Crippen molar-refractivity contribution < 1.29 is 0 Å². The zero-order chi connectivity index (χ0) is 11.1. The van der Waals surface area contributed by atoms with Gasteiger partial charge in [0.05, 0.1) is 0 Å². The molecule has 0 aromatic rings. The van der Waals surface area contributed by atoms with Gasteiger partial charge in [-0.05, 0) is 37.8 Å². The van der Waals surface area contributed by atoms with Crippen LogP contribution in [0, 0.1) is 5.41 Å². The minimum absolute atomic E-state index is 0.472. The molecule has 0 amide bonds. The van der Waals surface area contributed by atoms with E-state index in [2.05, 4.69) is 31.0 Å². The standard InChI is InChI=1S/C13H28N2/c1-4-7-13(2,3)12-14-8-11-15-9-5-6-10-15/h14H,4-12H2,1-3H3. The lowest BCUT2D eigenvalue weighted by Gasteiger charge is -2.25. The van der Waals surface area contributed by atoms with Crippen molar-refractivity contribution in [1.29, 1.82) is 0 Å². The predicted molar refractivity (Wildman–Crippen MR) is 67.2 cm³/mol. The molecule has 1 saturated heterocycles. The minimum Gasteiger partial charge on any atom is -0.315 e. The molecule has 0 aromatic heterocycles. The van der Waals surface area contributed by atoms with Crippen molar-refractivity contribution in [3.63, 3.8) is 0 Å². The Hall–Kier alpha value is -0.0800. The molecule has 2 heteroatoms. The predicted octanol–water partition coefficient (Wildman–Crippen LogP) is 2.50. The van der Waals surface area contributed by atoms with Gasteiger partial charge < -0.3 is 10.2 Å². The molecule has 2 nitrogen and oxygen atoms in total. The Bertz CT molecular complexity index is 160. The summed E-state index contributed by atoms with van der Waals surface area (Å²) < 4.78 is 0.